The van der Waals surface area contributed by atoms with Crippen LogP contribution in [0.1, 0.15) is 24.0 Å². The van der Waals surface area contributed by atoms with Crippen LogP contribution in [0.3, 0.4) is 0 Å². The molecular formula is C14H13Cl2NO2. The summed E-state index contributed by atoms with van der Waals surface area (Å²) in [6.07, 6.45) is 3.66. The lowest BCUT2D eigenvalue weighted by Crippen LogP contribution is -1.98. The molecule has 0 saturated heterocycles. The minimum absolute atomic E-state index is 0.102. The normalized spacial score (nSPS) is 14.4. The van der Waals surface area contributed by atoms with Crippen molar-refractivity contribution < 1.29 is 10.2 Å². The second kappa shape index (κ2) is 4.66. The first-order chi connectivity index (χ1) is 9.09. The molecule has 0 spiro atoms. The van der Waals surface area contributed by atoms with Crippen molar-refractivity contribution in [1.82, 2.24) is 4.57 Å². The van der Waals surface area contributed by atoms with Gasteiger partial charge in [0.05, 0.1) is 15.7 Å². The minimum Gasteiger partial charge on any atom is -0.494 e. The molecular weight excluding hydrogens is 285 g/mol. The lowest BCUT2D eigenvalue weighted by atomic mass is 9.95. The summed E-state index contributed by atoms with van der Waals surface area (Å²) in [6.45, 7) is 0. The number of aromatic nitrogens is 1. The molecule has 1 aliphatic rings. The number of aromatic hydroxyl groups is 2. The standard InChI is InChI=1S/C14H13Cl2NO2/c15-11-6-5-8(7-12(11)16)17-13(18)9-3-1-2-4-10(9)14(17)19/h5-7,18-19H,1-4H2. The molecule has 0 saturated carbocycles. The van der Waals surface area contributed by atoms with Gasteiger partial charge in [-0.1, -0.05) is 23.2 Å². The van der Waals surface area contributed by atoms with E-state index in [1.165, 1.54) is 4.57 Å². The lowest BCUT2D eigenvalue weighted by molar-refractivity contribution is 0.399. The summed E-state index contributed by atoms with van der Waals surface area (Å²) in [5, 5.41) is 21.4. The van der Waals surface area contributed by atoms with Crippen molar-refractivity contribution >= 4 is 23.2 Å². The molecule has 0 radical (unpaired) electrons. The van der Waals surface area contributed by atoms with Crippen LogP contribution in [0.2, 0.25) is 10.0 Å². The first-order valence-corrected chi connectivity index (χ1v) is 6.95. The molecule has 0 amide bonds. The number of hydrogen-bond acceptors (Lipinski definition) is 2. The highest BCUT2D eigenvalue weighted by Gasteiger charge is 2.25. The van der Waals surface area contributed by atoms with Crippen LogP contribution in [-0.2, 0) is 12.8 Å². The topological polar surface area (TPSA) is 45.4 Å². The quantitative estimate of drug-likeness (QED) is 0.833. The van der Waals surface area contributed by atoms with E-state index in [1.807, 2.05) is 0 Å². The summed E-state index contributed by atoms with van der Waals surface area (Å²) in [4.78, 5) is 0. The fourth-order valence-corrected chi connectivity index (χ4v) is 2.93. The van der Waals surface area contributed by atoms with E-state index < -0.39 is 0 Å². The fraction of sp³-hybridized carbons (Fsp3) is 0.286. The van der Waals surface area contributed by atoms with Gasteiger partial charge in [-0.3, -0.25) is 4.57 Å². The summed E-state index contributed by atoms with van der Waals surface area (Å²) in [5.41, 5.74) is 2.29. The zero-order valence-electron chi connectivity index (χ0n) is 10.2. The first kappa shape index (κ1) is 12.7. The second-order valence-corrected chi connectivity index (χ2v) is 5.56. The maximum absolute atomic E-state index is 10.3. The Bertz CT molecular complexity index is 620. The molecule has 1 aromatic carbocycles. The number of nitrogens with zero attached hydrogens (tertiary/aromatic N) is 1. The first-order valence-electron chi connectivity index (χ1n) is 6.19. The summed E-state index contributed by atoms with van der Waals surface area (Å²) in [7, 11) is 0. The summed E-state index contributed by atoms with van der Waals surface area (Å²) < 4.78 is 1.43. The average Bonchev–Trinajstić information content (AvgIpc) is 2.66. The van der Waals surface area contributed by atoms with Crippen LogP contribution in [0, 0.1) is 0 Å². The van der Waals surface area contributed by atoms with Gasteiger partial charge < -0.3 is 10.2 Å². The van der Waals surface area contributed by atoms with Crippen molar-refractivity contribution in [1.29, 1.82) is 0 Å². The van der Waals surface area contributed by atoms with Crippen molar-refractivity contribution in [3.63, 3.8) is 0 Å². The predicted molar refractivity (Wildman–Crippen MR) is 75.8 cm³/mol. The third-order valence-corrected chi connectivity index (χ3v) is 4.33. The van der Waals surface area contributed by atoms with E-state index >= 15 is 0 Å². The second-order valence-electron chi connectivity index (χ2n) is 4.75. The Kier molecular flexibility index (Phi) is 3.11. The van der Waals surface area contributed by atoms with Crippen molar-refractivity contribution in [3.8, 4) is 17.4 Å². The number of halogens is 2. The van der Waals surface area contributed by atoms with Crippen LogP contribution in [0.25, 0.3) is 5.69 Å². The third-order valence-electron chi connectivity index (χ3n) is 3.59. The molecule has 0 fully saturated rings. The fourth-order valence-electron chi connectivity index (χ4n) is 2.64. The molecule has 1 aliphatic carbocycles. The Morgan fingerprint density at radius 3 is 2.00 bits per heavy atom. The van der Waals surface area contributed by atoms with E-state index in [0.717, 1.165) is 36.8 Å². The van der Waals surface area contributed by atoms with Gasteiger partial charge in [0.2, 0.25) is 11.8 Å². The van der Waals surface area contributed by atoms with Gasteiger partial charge in [-0.15, -0.1) is 0 Å². The summed E-state index contributed by atoms with van der Waals surface area (Å²) >= 11 is 11.9. The Labute approximate surface area is 121 Å². The molecule has 3 rings (SSSR count). The Hall–Kier alpha value is -1.32. The zero-order valence-corrected chi connectivity index (χ0v) is 11.7. The number of benzene rings is 1. The number of fused-ring (bicyclic) bond motifs is 1. The van der Waals surface area contributed by atoms with E-state index in [2.05, 4.69) is 0 Å². The monoisotopic (exact) mass is 297 g/mol. The van der Waals surface area contributed by atoms with Crippen molar-refractivity contribution in [2.24, 2.45) is 0 Å². The molecule has 3 nitrogen and oxygen atoms in total. The van der Waals surface area contributed by atoms with E-state index in [9.17, 15) is 10.2 Å². The molecule has 19 heavy (non-hydrogen) atoms. The van der Waals surface area contributed by atoms with Gasteiger partial charge in [0, 0.05) is 11.1 Å². The van der Waals surface area contributed by atoms with Crippen LogP contribution in [-0.4, -0.2) is 14.8 Å². The van der Waals surface area contributed by atoms with Crippen molar-refractivity contribution in [2.75, 3.05) is 0 Å². The maximum atomic E-state index is 10.3. The van der Waals surface area contributed by atoms with E-state index in [4.69, 9.17) is 23.2 Å². The Balaban J connectivity index is 2.19. The Morgan fingerprint density at radius 2 is 1.47 bits per heavy atom. The lowest BCUT2D eigenvalue weighted by Gasteiger charge is -2.09. The van der Waals surface area contributed by atoms with E-state index in [-0.39, 0.29) is 11.8 Å². The molecule has 100 valence electrons. The third kappa shape index (κ3) is 1.97. The summed E-state index contributed by atoms with van der Waals surface area (Å²) in [6, 6.07) is 5.00. The predicted octanol–water partition coefficient (Wildman–Crippen LogP) is 4.07. The zero-order chi connectivity index (χ0) is 13.6. The highest BCUT2D eigenvalue weighted by molar-refractivity contribution is 6.42. The summed E-state index contributed by atoms with van der Waals surface area (Å²) in [5.74, 6) is 0.205. The van der Waals surface area contributed by atoms with Crippen molar-refractivity contribution in [3.05, 3.63) is 39.4 Å². The smallest absolute Gasteiger partial charge is 0.202 e. The van der Waals surface area contributed by atoms with Gasteiger partial charge in [0.1, 0.15) is 0 Å². The number of hydrogen-bond donors (Lipinski definition) is 2. The van der Waals surface area contributed by atoms with Crippen LogP contribution in [0.4, 0.5) is 0 Å². The molecule has 0 aliphatic heterocycles. The largest absolute Gasteiger partial charge is 0.494 e. The van der Waals surface area contributed by atoms with Gasteiger partial charge >= 0.3 is 0 Å². The number of rotatable bonds is 1. The molecule has 1 aromatic heterocycles. The van der Waals surface area contributed by atoms with Gasteiger partial charge in [-0.2, -0.15) is 0 Å². The van der Waals surface area contributed by atoms with Gasteiger partial charge in [-0.05, 0) is 43.9 Å². The van der Waals surface area contributed by atoms with Gasteiger partial charge in [0.15, 0.2) is 0 Å². The van der Waals surface area contributed by atoms with Gasteiger partial charge in [0.25, 0.3) is 0 Å². The van der Waals surface area contributed by atoms with Crippen molar-refractivity contribution in [2.45, 2.75) is 25.7 Å². The molecule has 0 unspecified atom stereocenters. The highest BCUT2D eigenvalue weighted by atomic mass is 35.5. The Morgan fingerprint density at radius 1 is 0.895 bits per heavy atom. The minimum atomic E-state index is 0.102. The highest BCUT2D eigenvalue weighted by Crippen LogP contribution is 2.41. The average molecular weight is 298 g/mol. The molecule has 2 N–H and O–H groups in total. The van der Waals surface area contributed by atoms with E-state index in [0.29, 0.717) is 15.7 Å². The SMILES string of the molecule is Oc1c2c(c(O)n1-c1ccc(Cl)c(Cl)c1)CCCC2. The van der Waals surface area contributed by atoms with Crippen LogP contribution < -0.4 is 0 Å². The molecule has 0 bridgehead atoms. The van der Waals surface area contributed by atoms with E-state index in [1.54, 1.807) is 18.2 Å². The molecule has 2 aromatic rings. The van der Waals surface area contributed by atoms with Crippen LogP contribution >= 0.6 is 23.2 Å². The van der Waals surface area contributed by atoms with Crippen LogP contribution in [0.15, 0.2) is 18.2 Å². The molecule has 5 heteroatoms. The van der Waals surface area contributed by atoms with Crippen LogP contribution in [0.5, 0.6) is 11.8 Å². The maximum Gasteiger partial charge on any atom is 0.202 e. The molecule has 0 atom stereocenters. The van der Waals surface area contributed by atoms with Gasteiger partial charge in [-0.25, -0.2) is 0 Å². The molecule has 1 heterocycles.